The standard InChI is InChI=1S/C8H14O2.C7H8O2/c1-6(2)7(9)10-8(3,4)5;1-9-7-4-2-6(8)3-5-7/h1H2,2-5H3;2-5,8H,1H3. The van der Waals surface area contributed by atoms with Crippen LogP contribution in [0.2, 0.25) is 0 Å². The molecule has 0 amide bonds. The molecule has 0 unspecified atom stereocenters. The van der Waals surface area contributed by atoms with Crippen molar-refractivity contribution in [2.45, 2.75) is 33.3 Å². The molecule has 106 valence electrons. The molecule has 0 heterocycles. The quantitative estimate of drug-likeness (QED) is 0.659. The molecule has 0 saturated heterocycles. The van der Waals surface area contributed by atoms with Crippen LogP contribution in [0, 0.1) is 0 Å². The van der Waals surface area contributed by atoms with Crippen LogP contribution in [0.1, 0.15) is 27.7 Å². The summed E-state index contributed by atoms with van der Waals surface area (Å²) in [5, 5.41) is 8.80. The predicted octanol–water partition coefficient (Wildman–Crippen LogP) is 3.31. The van der Waals surface area contributed by atoms with E-state index in [2.05, 4.69) is 6.58 Å². The molecule has 0 spiro atoms. The van der Waals surface area contributed by atoms with Crippen molar-refractivity contribution >= 4 is 5.97 Å². The van der Waals surface area contributed by atoms with E-state index in [0.717, 1.165) is 5.75 Å². The highest BCUT2D eigenvalue weighted by Crippen LogP contribution is 2.14. The topological polar surface area (TPSA) is 55.8 Å². The Labute approximate surface area is 114 Å². The summed E-state index contributed by atoms with van der Waals surface area (Å²) >= 11 is 0. The predicted molar refractivity (Wildman–Crippen MR) is 75.3 cm³/mol. The number of methoxy groups -OCH3 is 1. The van der Waals surface area contributed by atoms with Gasteiger partial charge < -0.3 is 14.6 Å². The highest BCUT2D eigenvalue weighted by molar-refractivity contribution is 5.87. The van der Waals surface area contributed by atoms with E-state index >= 15 is 0 Å². The van der Waals surface area contributed by atoms with Crippen molar-refractivity contribution in [3.8, 4) is 11.5 Å². The third kappa shape index (κ3) is 8.71. The van der Waals surface area contributed by atoms with E-state index in [1.54, 1.807) is 38.3 Å². The van der Waals surface area contributed by atoms with Crippen molar-refractivity contribution in [1.82, 2.24) is 0 Å². The van der Waals surface area contributed by atoms with E-state index in [9.17, 15) is 4.79 Å². The molecular formula is C15H22O4. The molecule has 0 saturated carbocycles. The summed E-state index contributed by atoms with van der Waals surface area (Å²) in [7, 11) is 1.59. The number of ether oxygens (including phenoxy) is 2. The van der Waals surface area contributed by atoms with Crippen LogP contribution >= 0.6 is 0 Å². The Morgan fingerprint density at radius 2 is 1.68 bits per heavy atom. The van der Waals surface area contributed by atoms with Gasteiger partial charge in [0, 0.05) is 5.57 Å². The van der Waals surface area contributed by atoms with Crippen LogP contribution < -0.4 is 4.74 Å². The van der Waals surface area contributed by atoms with E-state index in [0.29, 0.717) is 5.57 Å². The summed E-state index contributed by atoms with van der Waals surface area (Å²) in [6, 6.07) is 6.57. The lowest BCUT2D eigenvalue weighted by Crippen LogP contribution is -2.23. The minimum Gasteiger partial charge on any atom is -0.508 e. The number of phenols is 1. The fraction of sp³-hybridized carbons (Fsp3) is 0.400. The highest BCUT2D eigenvalue weighted by atomic mass is 16.6. The highest BCUT2D eigenvalue weighted by Gasteiger charge is 2.15. The zero-order chi connectivity index (χ0) is 15.1. The summed E-state index contributed by atoms with van der Waals surface area (Å²) in [5.74, 6) is 0.691. The van der Waals surface area contributed by atoms with E-state index in [1.807, 2.05) is 20.8 Å². The van der Waals surface area contributed by atoms with Gasteiger partial charge in [0.1, 0.15) is 17.1 Å². The van der Waals surface area contributed by atoms with Gasteiger partial charge in [-0.05, 0) is 52.0 Å². The van der Waals surface area contributed by atoms with Crippen LogP contribution in [0.15, 0.2) is 36.4 Å². The lowest BCUT2D eigenvalue weighted by molar-refractivity contribution is -0.149. The second kappa shape index (κ2) is 7.46. The molecule has 1 aromatic rings. The smallest absolute Gasteiger partial charge is 0.333 e. The van der Waals surface area contributed by atoms with Gasteiger partial charge in [0.05, 0.1) is 7.11 Å². The van der Waals surface area contributed by atoms with E-state index in [4.69, 9.17) is 14.6 Å². The Morgan fingerprint density at radius 3 is 1.95 bits per heavy atom. The molecule has 0 fully saturated rings. The molecule has 19 heavy (non-hydrogen) atoms. The number of phenolic OH excluding ortho intramolecular Hbond substituents is 1. The van der Waals surface area contributed by atoms with Gasteiger partial charge in [-0.25, -0.2) is 4.79 Å². The van der Waals surface area contributed by atoms with Crippen molar-refractivity contribution in [1.29, 1.82) is 0 Å². The lowest BCUT2D eigenvalue weighted by atomic mass is 10.2. The summed E-state index contributed by atoms with van der Waals surface area (Å²) < 4.78 is 9.82. The summed E-state index contributed by atoms with van der Waals surface area (Å²) in [4.78, 5) is 10.8. The zero-order valence-corrected chi connectivity index (χ0v) is 12.2. The monoisotopic (exact) mass is 266 g/mol. The average Bonchev–Trinajstić information content (AvgIpc) is 2.28. The zero-order valence-electron chi connectivity index (χ0n) is 12.2. The molecule has 0 atom stereocenters. The van der Waals surface area contributed by atoms with Crippen LogP contribution in [0.5, 0.6) is 11.5 Å². The first-order valence-corrected chi connectivity index (χ1v) is 5.87. The summed E-state index contributed by atoms with van der Waals surface area (Å²) in [6.07, 6.45) is 0. The number of hydrogen-bond donors (Lipinski definition) is 1. The van der Waals surface area contributed by atoms with E-state index < -0.39 is 5.60 Å². The molecule has 0 bridgehead atoms. The van der Waals surface area contributed by atoms with Crippen LogP contribution in [0.25, 0.3) is 0 Å². The Balaban J connectivity index is 0.000000342. The van der Waals surface area contributed by atoms with Crippen molar-refractivity contribution in [3.05, 3.63) is 36.4 Å². The maximum Gasteiger partial charge on any atom is 0.333 e. The Kier molecular flexibility index (Phi) is 6.69. The summed E-state index contributed by atoms with van der Waals surface area (Å²) in [5.41, 5.74) is 0.0330. The van der Waals surface area contributed by atoms with Gasteiger partial charge in [-0.2, -0.15) is 0 Å². The SMILES string of the molecule is C=C(C)C(=O)OC(C)(C)C.COc1ccc(O)cc1. The molecule has 1 N–H and O–H groups in total. The Morgan fingerprint density at radius 1 is 1.21 bits per heavy atom. The van der Waals surface area contributed by atoms with Crippen molar-refractivity contribution in [2.24, 2.45) is 0 Å². The molecule has 0 aliphatic rings. The number of esters is 1. The first-order valence-electron chi connectivity index (χ1n) is 5.87. The molecule has 0 radical (unpaired) electrons. The molecule has 0 aliphatic carbocycles. The first kappa shape index (κ1) is 17.0. The van der Waals surface area contributed by atoms with Gasteiger partial charge in [-0.3, -0.25) is 0 Å². The maximum absolute atomic E-state index is 10.8. The number of benzene rings is 1. The second-order valence-electron chi connectivity index (χ2n) is 4.98. The first-order chi connectivity index (χ1) is 8.65. The van der Waals surface area contributed by atoms with Crippen LogP contribution in [0.3, 0.4) is 0 Å². The molecule has 0 aromatic heterocycles. The Bertz CT molecular complexity index is 413. The second-order valence-corrected chi connectivity index (χ2v) is 4.98. The third-order valence-corrected chi connectivity index (χ3v) is 1.82. The van der Waals surface area contributed by atoms with Crippen LogP contribution in [-0.4, -0.2) is 23.8 Å². The van der Waals surface area contributed by atoms with Gasteiger partial charge in [0.25, 0.3) is 0 Å². The molecular weight excluding hydrogens is 244 g/mol. The minimum absolute atomic E-state index is 0.260. The number of rotatable bonds is 2. The molecule has 1 aromatic carbocycles. The average molecular weight is 266 g/mol. The number of carbonyl (C=O) groups is 1. The molecule has 0 aliphatic heterocycles. The van der Waals surface area contributed by atoms with Gasteiger partial charge in [0.2, 0.25) is 0 Å². The van der Waals surface area contributed by atoms with Gasteiger partial charge >= 0.3 is 5.97 Å². The van der Waals surface area contributed by atoms with E-state index in [-0.39, 0.29) is 11.7 Å². The normalized spacial score (nSPS) is 9.95. The molecule has 4 nitrogen and oxygen atoms in total. The largest absolute Gasteiger partial charge is 0.508 e. The lowest BCUT2D eigenvalue weighted by Gasteiger charge is -2.19. The molecule has 4 heteroatoms. The van der Waals surface area contributed by atoms with Crippen molar-refractivity contribution < 1.29 is 19.4 Å². The van der Waals surface area contributed by atoms with Crippen molar-refractivity contribution in [2.75, 3.05) is 7.11 Å². The third-order valence-electron chi connectivity index (χ3n) is 1.82. The fourth-order valence-corrected chi connectivity index (χ4v) is 0.947. The van der Waals surface area contributed by atoms with Crippen molar-refractivity contribution in [3.63, 3.8) is 0 Å². The number of aromatic hydroxyl groups is 1. The van der Waals surface area contributed by atoms with Gasteiger partial charge in [0.15, 0.2) is 0 Å². The number of carbonyl (C=O) groups excluding carboxylic acids is 1. The summed E-state index contributed by atoms with van der Waals surface area (Å²) in [6.45, 7) is 10.6. The fourth-order valence-electron chi connectivity index (χ4n) is 0.947. The number of hydrogen-bond acceptors (Lipinski definition) is 4. The van der Waals surface area contributed by atoms with E-state index in [1.165, 1.54) is 0 Å². The minimum atomic E-state index is -0.407. The maximum atomic E-state index is 10.8. The van der Waals surface area contributed by atoms with Crippen LogP contribution in [0.4, 0.5) is 0 Å². The Hall–Kier alpha value is -1.97. The van der Waals surface area contributed by atoms with Gasteiger partial charge in [-0.1, -0.05) is 6.58 Å². The van der Waals surface area contributed by atoms with Crippen LogP contribution in [-0.2, 0) is 9.53 Å². The van der Waals surface area contributed by atoms with Gasteiger partial charge in [-0.15, -0.1) is 0 Å². The molecule has 1 rings (SSSR count).